The van der Waals surface area contributed by atoms with Gasteiger partial charge in [-0.25, -0.2) is 0 Å². The first-order chi connectivity index (χ1) is 15.2. The molecule has 0 aliphatic heterocycles. The molecule has 1 aromatic carbocycles. The van der Waals surface area contributed by atoms with E-state index < -0.39 is 0 Å². The van der Waals surface area contributed by atoms with Crippen molar-refractivity contribution in [2.75, 3.05) is 0 Å². The van der Waals surface area contributed by atoms with Crippen LogP contribution in [-0.4, -0.2) is 4.40 Å². The summed E-state index contributed by atoms with van der Waals surface area (Å²) in [6.07, 6.45) is 10.3. The molecule has 0 unspecified atom stereocenters. The van der Waals surface area contributed by atoms with Gasteiger partial charge in [-0.3, -0.25) is 0 Å². The average molecular weight is 425 g/mol. The van der Waals surface area contributed by atoms with Gasteiger partial charge in [-0.1, -0.05) is 62.6 Å². The Hall–Kier alpha value is -3.09. The summed E-state index contributed by atoms with van der Waals surface area (Å²) in [4.78, 5) is 2.35. The number of thiophene rings is 1. The van der Waals surface area contributed by atoms with E-state index in [-0.39, 0.29) is 0 Å². The Kier molecular flexibility index (Phi) is 6.70. The summed E-state index contributed by atoms with van der Waals surface area (Å²) in [5.74, 6) is 0. The summed E-state index contributed by atoms with van der Waals surface area (Å²) in [5.41, 5.74) is 7.34. The highest BCUT2D eigenvalue weighted by atomic mass is 32.1. The Balaban J connectivity index is 1.91. The molecule has 4 aromatic rings. The minimum absolute atomic E-state index is 0.730. The molecule has 0 radical (unpaired) electrons. The van der Waals surface area contributed by atoms with E-state index in [0.717, 1.165) is 16.9 Å². The molecular formula is C28H28N2S. The lowest BCUT2D eigenvalue weighted by Gasteiger charge is -2.08. The highest BCUT2D eigenvalue weighted by molar-refractivity contribution is 7.16. The van der Waals surface area contributed by atoms with Gasteiger partial charge in [0, 0.05) is 27.7 Å². The van der Waals surface area contributed by atoms with Gasteiger partial charge in [-0.2, -0.15) is 5.26 Å². The summed E-state index contributed by atoms with van der Waals surface area (Å²) in [6, 6.07) is 23.8. The van der Waals surface area contributed by atoms with E-state index in [1.54, 1.807) is 11.3 Å². The van der Waals surface area contributed by atoms with Crippen molar-refractivity contribution in [1.29, 1.82) is 5.26 Å². The van der Waals surface area contributed by atoms with Gasteiger partial charge in [0.2, 0.25) is 0 Å². The molecule has 0 aliphatic rings. The van der Waals surface area contributed by atoms with Crippen molar-refractivity contribution >= 4 is 22.9 Å². The van der Waals surface area contributed by atoms with E-state index in [1.165, 1.54) is 58.5 Å². The molecule has 3 heteroatoms. The predicted molar refractivity (Wildman–Crippen MR) is 133 cm³/mol. The lowest BCUT2D eigenvalue weighted by atomic mass is 9.96. The number of benzene rings is 1. The van der Waals surface area contributed by atoms with E-state index in [0.29, 0.717) is 0 Å². The van der Waals surface area contributed by atoms with Crippen molar-refractivity contribution in [3.63, 3.8) is 0 Å². The van der Waals surface area contributed by atoms with Crippen LogP contribution >= 0.6 is 11.3 Å². The highest BCUT2D eigenvalue weighted by Crippen LogP contribution is 2.42. The zero-order valence-electron chi connectivity index (χ0n) is 18.3. The molecule has 0 spiro atoms. The lowest BCUT2D eigenvalue weighted by Crippen LogP contribution is -1.89. The minimum Gasteiger partial charge on any atom is -0.315 e. The molecule has 0 amide bonds. The molecule has 31 heavy (non-hydrogen) atoms. The monoisotopic (exact) mass is 424 g/mol. The molecule has 156 valence electrons. The number of hydrogen-bond acceptors (Lipinski definition) is 2. The molecule has 0 aliphatic carbocycles. The topological polar surface area (TPSA) is 28.2 Å². The summed E-state index contributed by atoms with van der Waals surface area (Å²) in [7, 11) is 0. The van der Waals surface area contributed by atoms with E-state index in [2.05, 4.69) is 84.3 Å². The van der Waals surface area contributed by atoms with Crippen LogP contribution in [0.5, 0.6) is 0 Å². The van der Waals surface area contributed by atoms with Crippen LogP contribution in [0.4, 0.5) is 0 Å². The Morgan fingerprint density at radius 2 is 1.81 bits per heavy atom. The molecule has 0 atom stereocenters. The fourth-order valence-electron chi connectivity index (χ4n) is 4.22. The summed E-state index contributed by atoms with van der Waals surface area (Å²) >= 11 is 1.75. The largest absolute Gasteiger partial charge is 0.315 e. The first-order valence-electron chi connectivity index (χ1n) is 11.1. The van der Waals surface area contributed by atoms with Crippen LogP contribution in [0.1, 0.15) is 50.0 Å². The van der Waals surface area contributed by atoms with Crippen LogP contribution < -0.4 is 0 Å². The number of pyridine rings is 1. The van der Waals surface area contributed by atoms with Gasteiger partial charge < -0.3 is 4.40 Å². The second-order valence-corrected chi connectivity index (χ2v) is 9.09. The van der Waals surface area contributed by atoms with Crippen LogP contribution in [0.3, 0.4) is 0 Å². The fourth-order valence-corrected chi connectivity index (χ4v) is 5.28. The molecular weight excluding hydrogens is 396 g/mol. The van der Waals surface area contributed by atoms with E-state index in [4.69, 9.17) is 5.26 Å². The maximum absolute atomic E-state index is 9.16. The summed E-state index contributed by atoms with van der Waals surface area (Å²) in [5, 5.41) is 9.16. The summed E-state index contributed by atoms with van der Waals surface area (Å²) < 4.78 is 2.36. The molecule has 0 bridgehead atoms. The Morgan fingerprint density at radius 1 is 1.00 bits per heavy atom. The number of nitriles is 1. The van der Waals surface area contributed by atoms with Crippen LogP contribution in [0.2, 0.25) is 0 Å². The smallest absolute Gasteiger partial charge is 0.0944 e. The van der Waals surface area contributed by atoms with Crippen molar-refractivity contribution in [3.8, 4) is 27.8 Å². The van der Waals surface area contributed by atoms with Crippen molar-refractivity contribution < 1.29 is 0 Å². The maximum Gasteiger partial charge on any atom is 0.0944 e. The Morgan fingerprint density at radius 3 is 2.58 bits per heavy atom. The van der Waals surface area contributed by atoms with Gasteiger partial charge in [0.05, 0.1) is 16.6 Å². The van der Waals surface area contributed by atoms with Crippen molar-refractivity contribution in [2.24, 2.45) is 0 Å². The molecule has 4 rings (SSSR count). The third-order valence-corrected chi connectivity index (χ3v) is 6.73. The number of unbranched alkanes of at least 4 members (excludes halogenated alkanes) is 3. The lowest BCUT2D eigenvalue weighted by molar-refractivity contribution is 0.668. The maximum atomic E-state index is 9.16. The van der Waals surface area contributed by atoms with Crippen LogP contribution in [0.15, 0.2) is 72.4 Å². The second-order valence-electron chi connectivity index (χ2n) is 7.98. The number of allylic oxidation sites excluding steroid dienone is 1. The molecule has 0 N–H and O–H groups in total. The number of aromatic nitrogens is 1. The zero-order valence-corrected chi connectivity index (χ0v) is 19.1. The Bertz CT molecular complexity index is 1240. The van der Waals surface area contributed by atoms with E-state index in [9.17, 15) is 0 Å². The number of aryl methyl sites for hydroxylation is 1. The van der Waals surface area contributed by atoms with Crippen LogP contribution in [0.25, 0.3) is 33.3 Å². The highest BCUT2D eigenvalue weighted by Gasteiger charge is 2.21. The van der Waals surface area contributed by atoms with E-state index in [1.807, 2.05) is 13.0 Å². The predicted octanol–water partition coefficient (Wildman–Crippen LogP) is 8.38. The van der Waals surface area contributed by atoms with Crippen molar-refractivity contribution in [3.05, 3.63) is 82.9 Å². The number of hydrogen-bond donors (Lipinski definition) is 0. The van der Waals surface area contributed by atoms with Gasteiger partial charge in [0.25, 0.3) is 0 Å². The molecule has 3 aromatic heterocycles. The Labute approximate surface area is 189 Å². The number of fused-ring (bicyclic) bond motifs is 1. The third kappa shape index (κ3) is 4.50. The normalized spacial score (nSPS) is 11.7. The van der Waals surface area contributed by atoms with Gasteiger partial charge in [-0.05, 0) is 61.2 Å². The number of nitrogens with zero attached hydrogens (tertiary/aromatic N) is 2. The van der Waals surface area contributed by atoms with Crippen molar-refractivity contribution in [2.45, 2.75) is 46.0 Å². The van der Waals surface area contributed by atoms with Gasteiger partial charge in [0.15, 0.2) is 0 Å². The van der Waals surface area contributed by atoms with Gasteiger partial charge >= 0.3 is 0 Å². The molecule has 0 saturated heterocycles. The molecule has 0 fully saturated rings. The van der Waals surface area contributed by atoms with Gasteiger partial charge in [0.1, 0.15) is 0 Å². The zero-order chi connectivity index (χ0) is 21.6. The van der Waals surface area contributed by atoms with E-state index >= 15 is 0 Å². The van der Waals surface area contributed by atoms with Crippen LogP contribution in [-0.2, 0) is 6.42 Å². The average Bonchev–Trinajstić information content (AvgIpc) is 3.39. The second kappa shape index (κ2) is 9.81. The first kappa shape index (κ1) is 21.2. The summed E-state index contributed by atoms with van der Waals surface area (Å²) in [6.45, 7) is 4.12. The number of rotatable bonds is 8. The SMILES string of the molecule is CCCCCCc1c(-c2ccccc2)c(-c2ccc(/C=C(/C)C#N)s2)n2ccccc12. The first-order valence-corrected chi connectivity index (χ1v) is 11.9. The standard InChI is InChI=1S/C28H28N2S/c1-3-4-5-9-14-24-25-15-10-11-18-30(25)28(27(24)22-12-7-6-8-13-22)26-17-16-23(31-26)19-21(2)20-29/h6-8,10-13,15-19H,3-5,9,14H2,1-2H3/b21-19-. The fraction of sp³-hybridized carbons (Fsp3) is 0.250. The molecule has 3 heterocycles. The molecule has 0 saturated carbocycles. The third-order valence-electron chi connectivity index (χ3n) is 5.69. The molecule has 2 nitrogen and oxygen atoms in total. The quantitative estimate of drug-likeness (QED) is 0.206. The van der Waals surface area contributed by atoms with Gasteiger partial charge in [-0.15, -0.1) is 11.3 Å². The van der Waals surface area contributed by atoms with Crippen LogP contribution in [0, 0.1) is 11.3 Å². The minimum atomic E-state index is 0.730. The van der Waals surface area contributed by atoms with Crippen molar-refractivity contribution in [1.82, 2.24) is 4.40 Å².